The van der Waals surface area contributed by atoms with Crippen LogP contribution in [0.15, 0.2) is 39.8 Å². The summed E-state index contributed by atoms with van der Waals surface area (Å²) in [6, 6.07) is 5.77. The van der Waals surface area contributed by atoms with Crippen LogP contribution in [0.25, 0.3) is 0 Å². The minimum Gasteiger partial charge on any atom is -0.479 e. The van der Waals surface area contributed by atoms with E-state index in [1.165, 1.54) is 57.6 Å². The van der Waals surface area contributed by atoms with E-state index in [1.54, 1.807) is 77.3 Å². The van der Waals surface area contributed by atoms with Gasteiger partial charge in [0.2, 0.25) is 0 Å². The van der Waals surface area contributed by atoms with Gasteiger partial charge in [-0.3, -0.25) is 4.98 Å². The third kappa shape index (κ3) is 113. The van der Waals surface area contributed by atoms with Gasteiger partial charge in [-0.1, -0.05) is 23.3 Å². The molecule has 5 atom stereocenters. The van der Waals surface area contributed by atoms with Crippen LogP contribution < -0.4 is 30.9 Å². The molecule has 2 saturated carbocycles. The van der Waals surface area contributed by atoms with Crippen LogP contribution in [0, 0.1) is 54.1 Å². The zero-order valence-electron chi connectivity index (χ0n) is 63.4. The summed E-state index contributed by atoms with van der Waals surface area (Å²) in [7, 11) is 42.9. The number of pyridine rings is 1. The third-order valence-electron chi connectivity index (χ3n) is 11.9. The fraction of sp³-hybridized carbons (Fsp3) is 0.815. The van der Waals surface area contributed by atoms with E-state index in [-0.39, 0.29) is 4.90 Å². The van der Waals surface area contributed by atoms with Crippen LogP contribution in [-0.4, -0.2) is 292 Å². The Balaban J connectivity index is -0.000000190. The molecule has 9 N–H and O–H groups in total. The second-order valence-corrected chi connectivity index (χ2v) is 21.9. The average molecular weight is 1520 g/mol. The van der Waals surface area contributed by atoms with Crippen LogP contribution >= 0.6 is 0 Å². The lowest BCUT2D eigenvalue weighted by atomic mass is 10.2. The molecular weight excluding hydrogens is 1390 g/mol. The predicted octanol–water partition coefficient (Wildman–Crippen LogP) is 2.75. The van der Waals surface area contributed by atoms with Gasteiger partial charge in [0.1, 0.15) is 25.9 Å². The van der Waals surface area contributed by atoms with Crippen molar-refractivity contribution in [1.29, 1.82) is 0 Å². The number of hydrogen-bond donors (Lipinski definition) is 6. The molecule has 4 saturated heterocycles. The van der Waals surface area contributed by atoms with Gasteiger partial charge in [0.25, 0.3) is 6.43 Å². The van der Waals surface area contributed by atoms with Crippen molar-refractivity contribution in [2.45, 2.75) is 107 Å². The molecule has 5 aliphatic heterocycles. The molecule has 2 aliphatic carbocycles. The first kappa shape index (κ1) is 112. The molecule has 0 bridgehead atoms. The van der Waals surface area contributed by atoms with Gasteiger partial charge in [-0.15, -0.1) is 0 Å². The van der Waals surface area contributed by atoms with Crippen LogP contribution in [0.2, 0.25) is 0 Å². The summed E-state index contributed by atoms with van der Waals surface area (Å²) in [5.74, 6) is 1.96. The fourth-order valence-corrected chi connectivity index (χ4v) is 6.05. The standard InChI is InChI=1S/C7H9NO.C6H12O2.C5H13NO.C5H11N.2C5H10O2.C5H10O.C4H8F3N.C4H11NO.C4H8O2.C4H10O2.C3H6F3N.C3H5F3O.C3H6F2O.C2H4N4/c1-9-6-7-4-2-3-5-8-7;1-7-6-2-4-8-5-3-6;1-6(2)4-5-7-3;1-6-4-5-2-3-5;2*1-6-5-2-3-7-4-5;1-6-4-5-2-3-5;1-8(2)3-4(5,6)7;1-5-3-4-6-2;1-5-4-2-6-3-4;1-5-3-4-6-2;2*1-7-2-3(4,5)6;1-6-2-3(4)5;1-6-4-2-3-5-6/h2-5H,6H2,1H3;6H,2-5H2,1H3;6H,1,4-5H2,2-3H3;5H,1-4,6H2;2*5H,2-4H2,1H3;5H,2-4H2,1H3;8H,1,3H2,2H3;1,3-5H2,2H3;4H,2-3H2,1H3;3-4H2,1-2H3;1-2,7H2;2H2,1H3;3H,2H2,1H3;2,6H,1H2/t;;;;2*5-;;;;;;;;;/m....10........./s1. The number of nitrogens with zero attached hydrogens (tertiary/aromatic N) is 4. The molecule has 8 rings (SSSR count). The lowest BCUT2D eigenvalue weighted by Gasteiger charge is -2.23. The number of likely N-dealkylation sites (N-methyl/N-ethyl adjacent to an activating group) is 1. The predicted molar refractivity (Wildman–Crippen MR) is 363 cm³/mol. The Hall–Kier alpha value is -3.23. The summed E-state index contributed by atoms with van der Waals surface area (Å²) in [5, 5.41) is 15.6. The van der Waals surface area contributed by atoms with E-state index < -0.39 is 51.3 Å². The number of nitrogens with one attached hydrogen (secondary N) is 3. The maximum atomic E-state index is 11.2. The molecule has 7 aliphatic rings. The summed E-state index contributed by atoms with van der Waals surface area (Å²) in [5.41, 5.74) is 0.972. The van der Waals surface area contributed by atoms with E-state index in [4.69, 9.17) is 56.8 Å². The van der Waals surface area contributed by atoms with Crippen molar-refractivity contribution in [2.75, 3.05) is 231 Å². The number of quaternary nitrogens is 6. The number of nitrogens with two attached hydrogens (primary N) is 3. The van der Waals surface area contributed by atoms with Gasteiger partial charge in [-0.2, -0.15) is 79.9 Å². The maximum absolute atomic E-state index is 11.2. The van der Waals surface area contributed by atoms with Gasteiger partial charge >= 0.3 is 18.5 Å². The summed E-state index contributed by atoms with van der Waals surface area (Å²) in [4.78, 5) is 5.38. The Morgan fingerprint density at radius 3 is 1.19 bits per heavy atom. The highest BCUT2D eigenvalue weighted by molar-refractivity contribution is 5.53. The normalized spacial score (nSPS) is 18.1. The molecular formula is C65H133F11N10O16. The molecule has 3 unspecified atom stereocenters. The van der Waals surface area contributed by atoms with E-state index in [0.29, 0.717) is 49.4 Å². The molecule has 26 nitrogen and oxygen atoms in total. The zero-order valence-corrected chi connectivity index (χ0v) is 63.4. The van der Waals surface area contributed by atoms with Gasteiger partial charge in [-0.05, 0) is 69.4 Å². The second-order valence-electron chi connectivity index (χ2n) is 21.9. The van der Waals surface area contributed by atoms with E-state index in [2.05, 4.69) is 81.7 Å². The van der Waals surface area contributed by atoms with Gasteiger partial charge in [0, 0.05) is 150 Å². The van der Waals surface area contributed by atoms with E-state index in [1.807, 2.05) is 35.9 Å². The molecule has 1 aromatic heterocycles. The van der Waals surface area contributed by atoms with Crippen LogP contribution in [-0.2, 0) is 82.4 Å². The number of methoxy groups -OCH3 is 12. The van der Waals surface area contributed by atoms with Crippen molar-refractivity contribution in [1.82, 2.24) is 4.98 Å². The smallest absolute Gasteiger partial charge is 0.435 e. The van der Waals surface area contributed by atoms with Crippen LogP contribution in [0.3, 0.4) is 0 Å². The highest BCUT2D eigenvalue weighted by Gasteiger charge is 2.30. The van der Waals surface area contributed by atoms with Crippen LogP contribution in [0.4, 0.5) is 48.3 Å². The molecule has 1 aromatic rings. The Bertz CT molecular complexity index is 1710. The Labute approximate surface area is 602 Å². The topological polar surface area (TPSA) is 261 Å². The molecule has 102 heavy (non-hydrogen) atoms. The lowest BCUT2D eigenvalue weighted by molar-refractivity contribution is -0.868. The number of alkyl halides is 11. The molecule has 0 aromatic carbocycles. The van der Waals surface area contributed by atoms with Crippen molar-refractivity contribution in [3.05, 3.63) is 72.4 Å². The Morgan fingerprint density at radius 2 is 1.03 bits per heavy atom. The minimum atomic E-state index is -4.17. The SMILES string of the molecule is COC1CCOCC1.COC1COC1.COCC(F)(F)F.COCC(F)F.COCC1CC1.COCCOC.COCc1ccccn1.CO[C@@H]1CCOC1.CO[C@H]1CCOC1.[CH2-][NH+](C)CC(F)(F)F.[CH2-][NH+](C)CCOC.[CH2-][NH+]1N=CN=N1.[CH2-][NH2+]CC(F)(F)F.[CH2-][NH2+]CC1CC1.[CH2-][NH2+]CCOC. The number of aromatic nitrogens is 1. The van der Waals surface area contributed by atoms with E-state index in [0.717, 1.165) is 141 Å². The summed E-state index contributed by atoms with van der Waals surface area (Å²) >= 11 is 0. The minimum absolute atomic E-state index is 0.150. The monoisotopic (exact) mass is 1520 g/mol. The summed E-state index contributed by atoms with van der Waals surface area (Å²) < 4.78 is 198. The second kappa shape index (κ2) is 83.4. The van der Waals surface area contributed by atoms with Crippen LogP contribution in [0.1, 0.15) is 57.1 Å². The maximum Gasteiger partial charge on any atom is 0.435 e. The van der Waals surface area contributed by atoms with Crippen molar-refractivity contribution in [3.63, 3.8) is 0 Å². The van der Waals surface area contributed by atoms with Crippen molar-refractivity contribution < 1.29 is 155 Å². The first-order valence-electron chi connectivity index (χ1n) is 32.8. The van der Waals surface area contributed by atoms with Crippen molar-refractivity contribution in [2.24, 2.45) is 27.3 Å². The summed E-state index contributed by atoms with van der Waals surface area (Å²) in [6.45, 7) is 11.0. The Kier molecular flexibility index (Phi) is 91.7. The lowest BCUT2D eigenvalue weighted by Crippen LogP contribution is -3.05. The third-order valence-corrected chi connectivity index (χ3v) is 11.9. The highest BCUT2D eigenvalue weighted by atomic mass is 19.4. The molecule has 0 radical (unpaired) electrons. The van der Waals surface area contributed by atoms with Crippen molar-refractivity contribution in [3.8, 4) is 0 Å². The highest BCUT2D eigenvalue weighted by Crippen LogP contribution is 2.28. The Morgan fingerprint density at radius 1 is 0.539 bits per heavy atom. The first-order chi connectivity index (χ1) is 48.3. The number of ether oxygens (including phenoxy) is 16. The van der Waals surface area contributed by atoms with Crippen LogP contribution in [0.5, 0.6) is 0 Å². The van der Waals surface area contributed by atoms with Gasteiger partial charge < -0.3 is 102 Å². The molecule has 616 valence electrons. The van der Waals surface area contributed by atoms with Gasteiger partial charge in [-0.25, -0.2) is 8.78 Å². The quantitative estimate of drug-likeness (QED) is 0.0494. The largest absolute Gasteiger partial charge is 0.479 e. The molecule has 6 fully saturated rings. The van der Waals surface area contributed by atoms with E-state index in [9.17, 15) is 48.3 Å². The number of halogens is 11. The molecule has 0 amide bonds. The average Bonchev–Trinajstić information content (AvgIpc) is 1.84. The van der Waals surface area contributed by atoms with Crippen molar-refractivity contribution >= 4 is 6.34 Å². The molecule has 6 heterocycles. The molecule has 37 heteroatoms. The fourth-order valence-electron chi connectivity index (χ4n) is 6.05. The summed E-state index contributed by atoms with van der Waals surface area (Å²) in [6.07, 6.45) is 0.0439. The van der Waals surface area contributed by atoms with Gasteiger partial charge in [0.05, 0.1) is 103 Å². The first-order valence-corrected chi connectivity index (χ1v) is 32.8. The molecule has 0 spiro atoms. The number of rotatable bonds is 24. The van der Waals surface area contributed by atoms with E-state index >= 15 is 0 Å². The van der Waals surface area contributed by atoms with Gasteiger partial charge in [0.15, 0.2) is 12.9 Å². The zero-order chi connectivity index (χ0) is 79.2. The number of hydrogen-bond acceptors (Lipinski definition) is 20.